The van der Waals surface area contributed by atoms with Gasteiger partial charge in [-0.15, -0.1) is 0 Å². The second-order valence-electron chi connectivity index (χ2n) is 9.02. The van der Waals surface area contributed by atoms with E-state index in [4.69, 9.17) is 16.3 Å². The molecule has 192 valence electrons. The number of hydrogen-bond donors (Lipinski definition) is 1. The van der Waals surface area contributed by atoms with Crippen molar-refractivity contribution in [2.45, 2.75) is 51.5 Å². The minimum Gasteiger partial charge on any atom is -0.491 e. The zero-order valence-corrected chi connectivity index (χ0v) is 22.7. The van der Waals surface area contributed by atoms with E-state index in [1.54, 1.807) is 42.5 Å². The summed E-state index contributed by atoms with van der Waals surface area (Å²) in [5.41, 5.74) is 3.24. The molecule has 0 atom stereocenters. The van der Waals surface area contributed by atoms with Gasteiger partial charge in [0.15, 0.2) is 0 Å². The Morgan fingerprint density at radius 2 is 1.67 bits per heavy atom. The summed E-state index contributed by atoms with van der Waals surface area (Å²) in [4.78, 5) is 12.9. The number of carbonyl (C=O) groups excluding carboxylic acids is 1. The number of nitrogens with one attached hydrogen (secondary N) is 1. The van der Waals surface area contributed by atoms with Crippen LogP contribution in [0.3, 0.4) is 0 Å². The number of anilines is 1. The smallest absolute Gasteiger partial charge is 0.264 e. The first-order chi connectivity index (χ1) is 17.1. The molecule has 0 aromatic heterocycles. The van der Waals surface area contributed by atoms with Crippen LogP contribution in [0, 0.1) is 13.8 Å². The number of rotatable bonds is 11. The van der Waals surface area contributed by atoms with E-state index >= 15 is 0 Å². The SMILES string of the molecule is Cc1ccc(S(=O)(=O)N(CC(=O)NCCCc2ccc(OC(C)C)cc2)c2ccc(C)c(Cl)c2)cc1. The van der Waals surface area contributed by atoms with Crippen molar-refractivity contribution in [3.63, 3.8) is 0 Å². The fourth-order valence-electron chi connectivity index (χ4n) is 3.60. The van der Waals surface area contributed by atoms with Crippen molar-refractivity contribution in [1.82, 2.24) is 5.32 Å². The highest BCUT2D eigenvalue weighted by Gasteiger charge is 2.27. The number of benzene rings is 3. The molecule has 0 fully saturated rings. The largest absolute Gasteiger partial charge is 0.491 e. The van der Waals surface area contributed by atoms with Gasteiger partial charge in [0.05, 0.1) is 16.7 Å². The van der Waals surface area contributed by atoms with Crippen LogP contribution in [0.25, 0.3) is 0 Å². The molecule has 0 spiro atoms. The lowest BCUT2D eigenvalue weighted by molar-refractivity contribution is -0.119. The van der Waals surface area contributed by atoms with E-state index in [0.717, 1.165) is 39.6 Å². The van der Waals surface area contributed by atoms with Gasteiger partial charge >= 0.3 is 0 Å². The van der Waals surface area contributed by atoms with E-state index in [1.165, 1.54) is 0 Å². The Labute approximate surface area is 219 Å². The van der Waals surface area contributed by atoms with Gasteiger partial charge in [-0.2, -0.15) is 0 Å². The Balaban J connectivity index is 1.66. The predicted octanol–water partition coefficient (Wildman–Crippen LogP) is 5.69. The number of amides is 1. The van der Waals surface area contributed by atoms with Gasteiger partial charge < -0.3 is 10.1 Å². The van der Waals surface area contributed by atoms with Gasteiger partial charge in [-0.25, -0.2) is 8.42 Å². The minimum absolute atomic E-state index is 0.113. The summed E-state index contributed by atoms with van der Waals surface area (Å²) in [5.74, 6) is 0.441. The van der Waals surface area contributed by atoms with Crippen molar-refractivity contribution in [3.8, 4) is 5.75 Å². The second kappa shape index (κ2) is 12.3. The zero-order chi connectivity index (χ0) is 26.3. The molecule has 1 N–H and O–H groups in total. The van der Waals surface area contributed by atoms with Crippen LogP contribution in [0.5, 0.6) is 5.75 Å². The first-order valence-corrected chi connectivity index (χ1v) is 13.8. The summed E-state index contributed by atoms with van der Waals surface area (Å²) in [5, 5.41) is 3.28. The Kier molecular flexibility index (Phi) is 9.40. The maximum atomic E-state index is 13.5. The highest BCUT2D eigenvalue weighted by Crippen LogP contribution is 2.28. The minimum atomic E-state index is -3.98. The molecule has 0 radical (unpaired) electrons. The fraction of sp³-hybridized carbons (Fsp3) is 0.321. The van der Waals surface area contributed by atoms with Crippen molar-refractivity contribution >= 4 is 33.2 Å². The molecular weight excluding hydrogens is 496 g/mol. The summed E-state index contributed by atoms with van der Waals surface area (Å²) in [6, 6.07) is 19.4. The standard InChI is InChI=1S/C28H33ClN2O4S/c1-20(2)35-25-13-10-23(11-14-25)6-5-17-30-28(32)19-31(24-12-9-22(4)27(29)18-24)36(33,34)26-15-7-21(3)8-16-26/h7-16,18,20H,5-6,17,19H2,1-4H3,(H,30,32). The number of aryl methyl sites for hydroxylation is 3. The third kappa shape index (κ3) is 7.48. The number of nitrogens with zero attached hydrogens (tertiary/aromatic N) is 1. The van der Waals surface area contributed by atoms with Crippen LogP contribution in [0.15, 0.2) is 71.6 Å². The lowest BCUT2D eigenvalue weighted by atomic mass is 10.1. The quantitative estimate of drug-likeness (QED) is 0.324. The van der Waals surface area contributed by atoms with Crippen molar-refractivity contribution < 1.29 is 17.9 Å². The molecule has 0 saturated carbocycles. The number of carbonyl (C=O) groups is 1. The second-order valence-corrected chi connectivity index (χ2v) is 11.3. The molecule has 36 heavy (non-hydrogen) atoms. The molecule has 6 nitrogen and oxygen atoms in total. The first kappa shape index (κ1) is 27.6. The van der Waals surface area contributed by atoms with Gasteiger partial charge in [0.2, 0.25) is 5.91 Å². The molecule has 0 heterocycles. The molecule has 3 rings (SSSR count). The Morgan fingerprint density at radius 3 is 2.28 bits per heavy atom. The molecule has 0 unspecified atom stereocenters. The van der Waals surface area contributed by atoms with Crippen LogP contribution in [0.1, 0.15) is 37.0 Å². The van der Waals surface area contributed by atoms with Gasteiger partial charge in [0.1, 0.15) is 12.3 Å². The molecule has 0 aliphatic heterocycles. The van der Waals surface area contributed by atoms with Gasteiger partial charge in [-0.3, -0.25) is 9.10 Å². The highest BCUT2D eigenvalue weighted by atomic mass is 35.5. The van der Waals surface area contributed by atoms with E-state index in [0.29, 0.717) is 17.3 Å². The first-order valence-electron chi connectivity index (χ1n) is 11.9. The molecule has 0 bridgehead atoms. The van der Waals surface area contributed by atoms with Gasteiger partial charge in [-0.1, -0.05) is 47.5 Å². The normalized spacial score (nSPS) is 11.4. The molecule has 8 heteroatoms. The van der Waals surface area contributed by atoms with Crippen LogP contribution in [0.4, 0.5) is 5.69 Å². The Morgan fingerprint density at radius 1 is 1.00 bits per heavy atom. The van der Waals surface area contributed by atoms with E-state index in [2.05, 4.69) is 5.32 Å². The maximum Gasteiger partial charge on any atom is 0.264 e. The van der Waals surface area contributed by atoms with E-state index in [1.807, 2.05) is 52.0 Å². The molecule has 1 amide bonds. The Bertz CT molecular complexity index is 1270. The van der Waals surface area contributed by atoms with Crippen LogP contribution in [0.2, 0.25) is 5.02 Å². The van der Waals surface area contributed by atoms with Gasteiger partial charge in [0, 0.05) is 11.6 Å². The predicted molar refractivity (Wildman–Crippen MR) is 145 cm³/mol. The summed E-state index contributed by atoms with van der Waals surface area (Å²) >= 11 is 6.28. The highest BCUT2D eigenvalue weighted by molar-refractivity contribution is 7.92. The molecule has 0 aliphatic rings. The van der Waals surface area contributed by atoms with Crippen molar-refractivity contribution in [3.05, 3.63) is 88.4 Å². The topological polar surface area (TPSA) is 75.7 Å². The molecular formula is C28H33ClN2O4S. The number of hydrogen-bond acceptors (Lipinski definition) is 4. The van der Waals surface area contributed by atoms with Crippen LogP contribution in [-0.2, 0) is 21.2 Å². The van der Waals surface area contributed by atoms with Gasteiger partial charge in [-0.05, 0) is 88.1 Å². The van der Waals surface area contributed by atoms with E-state index in [9.17, 15) is 13.2 Å². The summed E-state index contributed by atoms with van der Waals surface area (Å²) in [6.45, 7) is 7.76. The van der Waals surface area contributed by atoms with Crippen molar-refractivity contribution in [2.75, 3.05) is 17.4 Å². The lowest BCUT2D eigenvalue weighted by Crippen LogP contribution is -2.41. The zero-order valence-electron chi connectivity index (χ0n) is 21.1. The van der Waals surface area contributed by atoms with Crippen molar-refractivity contribution in [2.24, 2.45) is 0 Å². The van der Waals surface area contributed by atoms with E-state index < -0.39 is 10.0 Å². The van der Waals surface area contributed by atoms with E-state index in [-0.39, 0.29) is 23.5 Å². The average molecular weight is 529 g/mol. The maximum absolute atomic E-state index is 13.5. The molecule has 0 aliphatic carbocycles. The number of sulfonamides is 1. The van der Waals surface area contributed by atoms with Crippen LogP contribution < -0.4 is 14.4 Å². The fourth-order valence-corrected chi connectivity index (χ4v) is 5.19. The lowest BCUT2D eigenvalue weighted by Gasteiger charge is -2.24. The average Bonchev–Trinajstić information content (AvgIpc) is 2.83. The molecule has 3 aromatic rings. The monoisotopic (exact) mass is 528 g/mol. The summed E-state index contributed by atoms with van der Waals surface area (Å²) < 4.78 is 33.7. The summed E-state index contributed by atoms with van der Waals surface area (Å²) in [6.07, 6.45) is 1.62. The van der Waals surface area contributed by atoms with Crippen molar-refractivity contribution in [1.29, 1.82) is 0 Å². The third-order valence-corrected chi connectivity index (χ3v) is 7.79. The Hall–Kier alpha value is -3.03. The van der Waals surface area contributed by atoms with Crippen LogP contribution in [-0.4, -0.2) is 33.5 Å². The third-order valence-electron chi connectivity index (χ3n) is 5.60. The number of halogens is 1. The molecule has 3 aromatic carbocycles. The molecule has 0 saturated heterocycles. The van der Waals surface area contributed by atoms with Crippen LogP contribution >= 0.6 is 11.6 Å². The van der Waals surface area contributed by atoms with Gasteiger partial charge in [0.25, 0.3) is 10.0 Å². The summed E-state index contributed by atoms with van der Waals surface area (Å²) in [7, 11) is -3.98. The number of ether oxygens (including phenoxy) is 1.